The second kappa shape index (κ2) is 6.21. The topological polar surface area (TPSA) is 51.1 Å². The van der Waals surface area contributed by atoms with E-state index in [0.717, 1.165) is 30.3 Å². The summed E-state index contributed by atoms with van der Waals surface area (Å²) in [4.78, 5) is 0.352. The molecule has 3 aromatic rings. The highest BCUT2D eigenvalue weighted by Gasteiger charge is 2.23. The third-order valence-electron chi connectivity index (χ3n) is 5.21. The van der Waals surface area contributed by atoms with Gasteiger partial charge < -0.3 is 9.88 Å². The van der Waals surface area contributed by atoms with Gasteiger partial charge in [-0.05, 0) is 61.4 Å². The lowest BCUT2D eigenvalue weighted by molar-refractivity contribution is 0.567. The molecule has 0 bridgehead atoms. The van der Waals surface area contributed by atoms with Gasteiger partial charge in [0, 0.05) is 42.7 Å². The fourth-order valence-electron chi connectivity index (χ4n) is 3.83. The van der Waals surface area contributed by atoms with Crippen LogP contribution in [0.4, 0.5) is 4.39 Å². The van der Waals surface area contributed by atoms with Gasteiger partial charge in [-0.2, -0.15) is 0 Å². The van der Waals surface area contributed by atoms with Crippen LogP contribution >= 0.6 is 0 Å². The van der Waals surface area contributed by atoms with Crippen molar-refractivity contribution >= 4 is 20.7 Å². The Morgan fingerprint density at radius 3 is 2.54 bits per heavy atom. The molecule has 2 heterocycles. The first kappa shape index (κ1) is 17.2. The number of hydrogen-bond acceptors (Lipinski definition) is 3. The zero-order valence-corrected chi connectivity index (χ0v) is 15.6. The number of aromatic nitrogens is 1. The van der Waals surface area contributed by atoms with E-state index in [0.29, 0.717) is 6.04 Å². The van der Waals surface area contributed by atoms with Gasteiger partial charge in [-0.15, -0.1) is 0 Å². The van der Waals surface area contributed by atoms with Gasteiger partial charge in [0.15, 0.2) is 0 Å². The van der Waals surface area contributed by atoms with E-state index in [1.165, 1.54) is 35.5 Å². The molecule has 2 aromatic carbocycles. The van der Waals surface area contributed by atoms with Crippen LogP contribution in [-0.2, 0) is 29.7 Å². The number of rotatable bonds is 2. The summed E-state index contributed by atoms with van der Waals surface area (Å²) in [5, 5.41) is 4.47. The molecule has 1 aliphatic heterocycles. The molecule has 4 nitrogen and oxygen atoms in total. The summed E-state index contributed by atoms with van der Waals surface area (Å²) in [6.45, 7) is 3.06. The summed E-state index contributed by atoms with van der Waals surface area (Å²) in [6, 6.07) is 10.6. The molecular formula is C20H21FN2O2S. The summed E-state index contributed by atoms with van der Waals surface area (Å²) in [6.07, 6.45) is 1.79. The first-order chi connectivity index (χ1) is 12.4. The number of aryl methyl sites for hydroxylation is 1. The van der Waals surface area contributed by atoms with Gasteiger partial charge in [0.1, 0.15) is 5.82 Å². The number of nitrogens with zero attached hydrogens (tertiary/aromatic N) is 1. The van der Waals surface area contributed by atoms with Crippen molar-refractivity contribution in [1.29, 1.82) is 0 Å². The van der Waals surface area contributed by atoms with Crippen molar-refractivity contribution < 1.29 is 12.8 Å². The highest BCUT2D eigenvalue weighted by atomic mass is 32.2. The maximum Gasteiger partial charge on any atom is 0.206 e. The molecule has 26 heavy (non-hydrogen) atoms. The Bertz CT molecular complexity index is 1090. The number of fused-ring (bicyclic) bond motifs is 3. The Hall–Kier alpha value is -2.18. The summed E-state index contributed by atoms with van der Waals surface area (Å²) >= 11 is 0. The van der Waals surface area contributed by atoms with Crippen LogP contribution in [0.3, 0.4) is 0 Å². The van der Waals surface area contributed by atoms with Crippen molar-refractivity contribution in [2.24, 2.45) is 7.05 Å². The van der Waals surface area contributed by atoms with Crippen LogP contribution in [0, 0.1) is 5.82 Å². The van der Waals surface area contributed by atoms with Crippen molar-refractivity contribution in [3.05, 3.63) is 59.5 Å². The molecule has 1 atom stereocenters. The van der Waals surface area contributed by atoms with E-state index in [2.05, 4.69) is 16.8 Å². The quantitative estimate of drug-likeness (QED) is 0.703. The molecule has 0 radical (unpaired) electrons. The van der Waals surface area contributed by atoms with Gasteiger partial charge in [-0.3, -0.25) is 0 Å². The van der Waals surface area contributed by atoms with Crippen molar-refractivity contribution in [1.82, 2.24) is 9.88 Å². The third-order valence-corrected chi connectivity index (χ3v) is 6.97. The maximum absolute atomic E-state index is 13.1. The molecule has 0 saturated carbocycles. The molecule has 1 N–H and O–H groups in total. The SMILES string of the molecule is CC1Cc2c(n(C)c3ccc(S(=O)(=O)c4ccc(F)cc4)cc23)CCN1. The molecule has 0 aliphatic carbocycles. The van der Waals surface area contributed by atoms with Crippen LogP contribution in [0.2, 0.25) is 0 Å². The number of sulfone groups is 1. The van der Waals surface area contributed by atoms with Gasteiger partial charge in [-0.25, -0.2) is 12.8 Å². The van der Waals surface area contributed by atoms with Crippen LogP contribution in [0.1, 0.15) is 18.2 Å². The van der Waals surface area contributed by atoms with E-state index < -0.39 is 15.7 Å². The van der Waals surface area contributed by atoms with Crippen LogP contribution in [0.15, 0.2) is 52.3 Å². The second-order valence-electron chi connectivity index (χ2n) is 6.93. The number of benzene rings is 2. The molecular weight excluding hydrogens is 351 g/mol. The Balaban J connectivity index is 1.89. The van der Waals surface area contributed by atoms with Gasteiger partial charge >= 0.3 is 0 Å². The van der Waals surface area contributed by atoms with E-state index in [4.69, 9.17) is 0 Å². The second-order valence-corrected chi connectivity index (χ2v) is 8.88. The first-order valence-electron chi connectivity index (χ1n) is 8.72. The minimum atomic E-state index is -3.68. The van der Waals surface area contributed by atoms with Gasteiger partial charge in [0.25, 0.3) is 0 Å². The predicted octanol–water partition coefficient (Wildman–Crippen LogP) is 3.23. The molecule has 1 aromatic heterocycles. The molecule has 1 aliphatic rings. The van der Waals surface area contributed by atoms with Crippen molar-refractivity contribution in [3.8, 4) is 0 Å². The highest BCUT2D eigenvalue weighted by Crippen LogP contribution is 2.32. The lowest BCUT2D eigenvalue weighted by Crippen LogP contribution is -2.27. The van der Waals surface area contributed by atoms with Crippen LogP contribution in [-0.4, -0.2) is 25.6 Å². The lowest BCUT2D eigenvalue weighted by atomic mass is 10.0. The monoisotopic (exact) mass is 372 g/mol. The molecule has 6 heteroatoms. The van der Waals surface area contributed by atoms with Crippen molar-refractivity contribution in [2.45, 2.75) is 35.6 Å². The van der Waals surface area contributed by atoms with E-state index >= 15 is 0 Å². The standard InChI is InChI=1S/C20H21FN2O2S/c1-13-11-17-18-12-16(26(24,25)15-5-3-14(21)4-6-15)7-8-19(18)23(2)20(17)9-10-22-13/h3-8,12-13,22H,9-11H2,1-2H3. The summed E-state index contributed by atoms with van der Waals surface area (Å²) in [5.74, 6) is -0.450. The zero-order chi connectivity index (χ0) is 18.5. The Labute approximate surface area is 152 Å². The van der Waals surface area contributed by atoms with E-state index in [-0.39, 0.29) is 9.79 Å². The summed E-state index contributed by atoms with van der Waals surface area (Å²) in [7, 11) is -1.65. The predicted molar refractivity (Wildman–Crippen MR) is 99.6 cm³/mol. The lowest BCUT2D eigenvalue weighted by Gasteiger charge is -2.10. The van der Waals surface area contributed by atoms with E-state index in [1.807, 2.05) is 13.1 Å². The smallest absolute Gasteiger partial charge is 0.206 e. The van der Waals surface area contributed by atoms with Crippen LogP contribution in [0.5, 0.6) is 0 Å². The minimum absolute atomic E-state index is 0.107. The van der Waals surface area contributed by atoms with Crippen LogP contribution in [0.25, 0.3) is 10.9 Å². The van der Waals surface area contributed by atoms with Crippen molar-refractivity contribution in [3.63, 3.8) is 0 Å². The molecule has 0 spiro atoms. The molecule has 4 rings (SSSR count). The molecule has 1 unspecified atom stereocenters. The van der Waals surface area contributed by atoms with Gasteiger partial charge in [0.2, 0.25) is 9.84 Å². The van der Waals surface area contributed by atoms with Crippen LogP contribution < -0.4 is 5.32 Å². The highest BCUT2D eigenvalue weighted by molar-refractivity contribution is 7.91. The molecule has 0 saturated heterocycles. The van der Waals surface area contributed by atoms with Crippen molar-refractivity contribution in [2.75, 3.05) is 6.54 Å². The average Bonchev–Trinajstić information content (AvgIpc) is 2.76. The average molecular weight is 372 g/mol. The van der Waals surface area contributed by atoms with Gasteiger partial charge in [0.05, 0.1) is 9.79 Å². The van der Waals surface area contributed by atoms with E-state index in [9.17, 15) is 12.8 Å². The minimum Gasteiger partial charge on any atom is -0.347 e. The summed E-state index contributed by atoms with van der Waals surface area (Å²) in [5.41, 5.74) is 3.52. The first-order valence-corrected chi connectivity index (χ1v) is 10.2. The molecule has 0 amide bonds. The Morgan fingerprint density at radius 2 is 1.81 bits per heavy atom. The Kier molecular flexibility index (Phi) is 4.12. The molecule has 136 valence electrons. The summed E-state index contributed by atoms with van der Waals surface area (Å²) < 4.78 is 41.2. The number of halogens is 1. The largest absolute Gasteiger partial charge is 0.347 e. The Morgan fingerprint density at radius 1 is 1.12 bits per heavy atom. The van der Waals surface area contributed by atoms with E-state index in [1.54, 1.807) is 12.1 Å². The third kappa shape index (κ3) is 2.73. The molecule has 0 fully saturated rings. The number of nitrogens with one attached hydrogen (secondary N) is 1. The maximum atomic E-state index is 13.1. The van der Waals surface area contributed by atoms with Gasteiger partial charge in [-0.1, -0.05) is 0 Å². The number of hydrogen-bond donors (Lipinski definition) is 1. The fourth-order valence-corrected chi connectivity index (χ4v) is 5.12. The zero-order valence-electron chi connectivity index (χ0n) is 14.8. The fraction of sp³-hybridized carbons (Fsp3) is 0.300. The normalized spacial score (nSPS) is 17.9.